The summed E-state index contributed by atoms with van der Waals surface area (Å²) in [6.45, 7) is 1.67. The minimum absolute atomic E-state index is 0.0785. The number of aliphatic hydroxyl groups excluding tert-OH is 1. The number of aryl methyl sites for hydroxylation is 2. The highest BCUT2D eigenvalue weighted by molar-refractivity contribution is 5.48. The Morgan fingerprint density at radius 1 is 1.40 bits per heavy atom. The molecule has 6 nitrogen and oxygen atoms in total. The topological polar surface area (TPSA) is 80.3 Å². The van der Waals surface area contributed by atoms with E-state index in [9.17, 15) is 0 Å². The molecule has 1 aromatic heterocycles. The van der Waals surface area contributed by atoms with E-state index < -0.39 is 0 Å². The average molecular weight is 273 g/mol. The Hall–Kier alpha value is -2.52. The smallest absolute Gasteiger partial charge is 0.236 e. The zero-order chi connectivity index (χ0) is 14.7. The number of hydrogen-bond acceptors (Lipinski definition) is 5. The number of methoxy groups -OCH3 is 1. The number of nitrogens with zero attached hydrogens (tertiary/aromatic N) is 3. The maximum atomic E-state index is 9.15. The zero-order valence-electron chi connectivity index (χ0n) is 11.5. The Balaban J connectivity index is 2.43. The molecule has 0 saturated carbocycles. The van der Waals surface area contributed by atoms with Crippen molar-refractivity contribution in [1.29, 1.82) is 5.26 Å². The van der Waals surface area contributed by atoms with Crippen LogP contribution in [0.4, 0.5) is 0 Å². The van der Waals surface area contributed by atoms with Crippen molar-refractivity contribution in [3.05, 3.63) is 35.0 Å². The molecule has 20 heavy (non-hydrogen) atoms. The molecule has 0 unspecified atom stereocenters. The first-order valence-corrected chi connectivity index (χ1v) is 6.00. The highest BCUT2D eigenvalue weighted by atomic mass is 16.5. The molecule has 0 aliphatic rings. The van der Waals surface area contributed by atoms with Crippen LogP contribution in [0.5, 0.6) is 17.4 Å². The Morgan fingerprint density at radius 3 is 2.75 bits per heavy atom. The predicted molar refractivity (Wildman–Crippen MR) is 71.7 cm³/mol. The van der Waals surface area contributed by atoms with Crippen LogP contribution in [0.3, 0.4) is 0 Å². The minimum Gasteiger partial charge on any atom is -0.493 e. The largest absolute Gasteiger partial charge is 0.493 e. The molecule has 104 valence electrons. The summed E-state index contributed by atoms with van der Waals surface area (Å²) in [4.78, 5) is 0. The van der Waals surface area contributed by atoms with Gasteiger partial charge in [0.25, 0.3) is 0 Å². The molecule has 0 bridgehead atoms. The molecule has 2 rings (SSSR count). The molecule has 2 aromatic rings. The Morgan fingerprint density at radius 2 is 2.15 bits per heavy atom. The van der Waals surface area contributed by atoms with E-state index in [4.69, 9.17) is 19.8 Å². The van der Waals surface area contributed by atoms with Gasteiger partial charge in [-0.2, -0.15) is 10.4 Å². The standard InChI is InChI=1S/C14H15N3O3/c1-9-11(7-15)14(17(2)16-9)20-12-5-4-10(8-18)6-13(12)19-3/h4-6,18H,8H2,1-3H3. The fourth-order valence-electron chi connectivity index (χ4n) is 1.88. The first-order valence-electron chi connectivity index (χ1n) is 6.00. The average Bonchev–Trinajstić information content (AvgIpc) is 2.73. The van der Waals surface area contributed by atoms with E-state index >= 15 is 0 Å². The summed E-state index contributed by atoms with van der Waals surface area (Å²) in [6, 6.07) is 7.18. The van der Waals surface area contributed by atoms with Crippen LogP contribution < -0.4 is 9.47 Å². The van der Waals surface area contributed by atoms with Crippen molar-refractivity contribution in [2.75, 3.05) is 7.11 Å². The molecule has 0 saturated heterocycles. The number of hydrogen-bond donors (Lipinski definition) is 1. The summed E-state index contributed by atoms with van der Waals surface area (Å²) >= 11 is 0. The number of ether oxygens (including phenoxy) is 2. The van der Waals surface area contributed by atoms with Gasteiger partial charge in [0.2, 0.25) is 5.88 Å². The lowest BCUT2D eigenvalue weighted by molar-refractivity contribution is 0.280. The predicted octanol–water partition coefficient (Wildman–Crippen LogP) is 1.89. The van der Waals surface area contributed by atoms with Crippen LogP contribution >= 0.6 is 0 Å². The van der Waals surface area contributed by atoms with Crippen molar-refractivity contribution < 1.29 is 14.6 Å². The summed E-state index contributed by atoms with van der Waals surface area (Å²) in [7, 11) is 3.22. The van der Waals surface area contributed by atoms with Crippen LogP contribution in [-0.4, -0.2) is 22.0 Å². The summed E-state index contributed by atoms with van der Waals surface area (Å²) in [6.07, 6.45) is 0. The van der Waals surface area contributed by atoms with Crippen LogP contribution in [0.25, 0.3) is 0 Å². The van der Waals surface area contributed by atoms with Crippen LogP contribution in [0.15, 0.2) is 18.2 Å². The zero-order valence-corrected chi connectivity index (χ0v) is 11.5. The first-order chi connectivity index (χ1) is 9.60. The number of benzene rings is 1. The second-order valence-electron chi connectivity index (χ2n) is 4.25. The van der Waals surface area contributed by atoms with E-state index in [0.717, 1.165) is 5.56 Å². The molecule has 0 spiro atoms. The third-order valence-electron chi connectivity index (χ3n) is 2.90. The van der Waals surface area contributed by atoms with Gasteiger partial charge in [-0.15, -0.1) is 0 Å². The van der Waals surface area contributed by atoms with E-state index in [2.05, 4.69) is 11.2 Å². The second-order valence-corrected chi connectivity index (χ2v) is 4.25. The molecular formula is C14H15N3O3. The van der Waals surface area contributed by atoms with Gasteiger partial charge in [-0.25, -0.2) is 4.68 Å². The lowest BCUT2D eigenvalue weighted by Crippen LogP contribution is -1.98. The summed E-state index contributed by atoms with van der Waals surface area (Å²) < 4.78 is 12.5. The van der Waals surface area contributed by atoms with Gasteiger partial charge in [0.05, 0.1) is 19.4 Å². The minimum atomic E-state index is -0.0785. The Bertz CT molecular complexity index is 671. The van der Waals surface area contributed by atoms with Crippen LogP contribution in [0.2, 0.25) is 0 Å². The van der Waals surface area contributed by atoms with Gasteiger partial charge in [-0.3, -0.25) is 0 Å². The molecule has 1 aromatic carbocycles. The summed E-state index contributed by atoms with van der Waals surface area (Å²) in [5.74, 6) is 1.31. The van der Waals surface area contributed by atoms with Gasteiger partial charge in [-0.1, -0.05) is 6.07 Å². The third-order valence-corrected chi connectivity index (χ3v) is 2.90. The van der Waals surface area contributed by atoms with Crippen molar-refractivity contribution >= 4 is 0 Å². The fourth-order valence-corrected chi connectivity index (χ4v) is 1.88. The van der Waals surface area contributed by atoms with Gasteiger partial charge in [-0.05, 0) is 24.6 Å². The van der Waals surface area contributed by atoms with E-state index in [-0.39, 0.29) is 6.61 Å². The molecule has 6 heteroatoms. The quantitative estimate of drug-likeness (QED) is 0.920. The lowest BCUT2D eigenvalue weighted by atomic mass is 10.2. The van der Waals surface area contributed by atoms with Gasteiger partial charge in [0.15, 0.2) is 11.5 Å². The van der Waals surface area contributed by atoms with Crippen molar-refractivity contribution in [3.63, 3.8) is 0 Å². The Labute approximate surface area is 116 Å². The second kappa shape index (κ2) is 5.63. The molecule has 1 N–H and O–H groups in total. The maximum absolute atomic E-state index is 9.15. The first kappa shape index (κ1) is 13.9. The molecular weight excluding hydrogens is 258 g/mol. The van der Waals surface area contributed by atoms with Gasteiger partial charge in [0, 0.05) is 7.05 Å². The summed E-state index contributed by atoms with van der Waals surface area (Å²) in [5, 5.41) is 22.4. The fraction of sp³-hybridized carbons (Fsp3) is 0.286. The monoisotopic (exact) mass is 273 g/mol. The number of aromatic nitrogens is 2. The van der Waals surface area contributed by atoms with Crippen molar-refractivity contribution in [2.24, 2.45) is 7.05 Å². The van der Waals surface area contributed by atoms with Crippen molar-refractivity contribution in [3.8, 4) is 23.4 Å². The van der Waals surface area contributed by atoms with Crippen LogP contribution in [-0.2, 0) is 13.7 Å². The van der Waals surface area contributed by atoms with E-state index in [1.165, 1.54) is 11.8 Å². The molecule has 0 atom stereocenters. The number of aliphatic hydroxyl groups is 1. The molecule has 1 heterocycles. The molecule has 0 radical (unpaired) electrons. The summed E-state index contributed by atoms with van der Waals surface area (Å²) in [5.41, 5.74) is 1.72. The highest BCUT2D eigenvalue weighted by Gasteiger charge is 2.17. The Kier molecular flexibility index (Phi) is 3.91. The van der Waals surface area contributed by atoms with Gasteiger partial charge in [0.1, 0.15) is 11.6 Å². The lowest BCUT2D eigenvalue weighted by Gasteiger charge is -2.11. The van der Waals surface area contributed by atoms with Crippen LogP contribution in [0, 0.1) is 18.3 Å². The third kappa shape index (κ3) is 2.44. The normalized spacial score (nSPS) is 10.2. The van der Waals surface area contributed by atoms with E-state index in [1.54, 1.807) is 32.2 Å². The van der Waals surface area contributed by atoms with E-state index in [0.29, 0.717) is 28.6 Å². The SMILES string of the molecule is COc1cc(CO)ccc1Oc1c(C#N)c(C)nn1C. The van der Waals surface area contributed by atoms with Crippen molar-refractivity contribution in [2.45, 2.75) is 13.5 Å². The van der Waals surface area contributed by atoms with E-state index in [1.807, 2.05) is 0 Å². The molecule has 0 aliphatic carbocycles. The highest BCUT2D eigenvalue weighted by Crippen LogP contribution is 2.34. The molecule has 0 aliphatic heterocycles. The maximum Gasteiger partial charge on any atom is 0.236 e. The molecule has 0 amide bonds. The van der Waals surface area contributed by atoms with Crippen LogP contribution in [0.1, 0.15) is 16.8 Å². The van der Waals surface area contributed by atoms with Gasteiger partial charge >= 0.3 is 0 Å². The molecule has 0 fully saturated rings. The number of rotatable bonds is 4. The van der Waals surface area contributed by atoms with Gasteiger partial charge < -0.3 is 14.6 Å². The number of nitriles is 1. The van der Waals surface area contributed by atoms with Crippen molar-refractivity contribution in [1.82, 2.24) is 9.78 Å².